The number of amides is 1. The van der Waals surface area contributed by atoms with Crippen LogP contribution in [0.3, 0.4) is 0 Å². The Balaban J connectivity index is 2.29. The van der Waals surface area contributed by atoms with Crippen LogP contribution in [0.5, 0.6) is 0 Å². The molecule has 0 aromatic heterocycles. The van der Waals surface area contributed by atoms with Crippen molar-refractivity contribution >= 4 is 16.3 Å². The van der Waals surface area contributed by atoms with E-state index in [2.05, 4.69) is 15.4 Å². The van der Waals surface area contributed by atoms with Gasteiger partial charge in [-0.3, -0.25) is 9.35 Å². The fourth-order valence-electron chi connectivity index (χ4n) is 3.47. The Bertz CT molecular complexity index is 802. The molecular formula is C17H27NO14S. The van der Waals surface area contributed by atoms with Gasteiger partial charge in [0.15, 0.2) is 12.6 Å². The van der Waals surface area contributed by atoms with Crippen molar-refractivity contribution < 1.29 is 66.4 Å². The van der Waals surface area contributed by atoms with E-state index in [0.717, 1.165) is 6.92 Å². The second kappa shape index (κ2) is 11.8. The number of terminal acetylenes is 1. The lowest BCUT2D eigenvalue weighted by atomic mass is 9.95. The smallest absolute Gasteiger partial charge is 0.394 e. The van der Waals surface area contributed by atoms with Gasteiger partial charge in [0.05, 0.1) is 13.2 Å². The Morgan fingerprint density at radius 2 is 1.64 bits per heavy atom. The number of nitrogens with one attached hydrogen (secondary N) is 1. The van der Waals surface area contributed by atoms with Gasteiger partial charge in [-0.05, 0) is 0 Å². The van der Waals surface area contributed by atoms with E-state index >= 15 is 0 Å². The first-order valence-corrected chi connectivity index (χ1v) is 11.0. The van der Waals surface area contributed by atoms with Gasteiger partial charge < -0.3 is 49.8 Å². The third kappa shape index (κ3) is 7.02. The Labute approximate surface area is 189 Å². The van der Waals surface area contributed by atoms with Crippen LogP contribution in [0.25, 0.3) is 0 Å². The summed E-state index contributed by atoms with van der Waals surface area (Å²) in [5, 5.41) is 52.9. The molecule has 2 rings (SSSR count). The van der Waals surface area contributed by atoms with Crippen molar-refractivity contribution in [2.24, 2.45) is 0 Å². The first-order chi connectivity index (χ1) is 15.4. The van der Waals surface area contributed by atoms with Crippen molar-refractivity contribution in [1.82, 2.24) is 5.32 Å². The lowest BCUT2D eigenvalue weighted by Crippen LogP contribution is -2.67. The topological polar surface area (TPSA) is 231 Å². The molecule has 0 spiro atoms. The summed E-state index contributed by atoms with van der Waals surface area (Å²) in [5.74, 6) is 1.60. The number of hydrogen-bond donors (Lipinski definition) is 7. The molecule has 2 fully saturated rings. The summed E-state index contributed by atoms with van der Waals surface area (Å²) in [4.78, 5) is 11.6. The zero-order valence-corrected chi connectivity index (χ0v) is 18.1. The molecule has 7 N–H and O–H groups in total. The Morgan fingerprint density at radius 3 is 2.15 bits per heavy atom. The van der Waals surface area contributed by atoms with Crippen LogP contribution >= 0.6 is 0 Å². The summed E-state index contributed by atoms with van der Waals surface area (Å²) in [6, 6.07) is -1.26. The van der Waals surface area contributed by atoms with E-state index in [1.54, 1.807) is 0 Å². The molecule has 0 aliphatic carbocycles. The summed E-state index contributed by atoms with van der Waals surface area (Å²) < 4.78 is 57.0. The molecule has 1 amide bonds. The molecule has 2 saturated heterocycles. The highest BCUT2D eigenvalue weighted by Gasteiger charge is 2.52. The normalized spacial score (nSPS) is 39.6. The molecule has 0 bridgehead atoms. The van der Waals surface area contributed by atoms with Gasteiger partial charge in [0, 0.05) is 6.92 Å². The molecule has 0 aromatic carbocycles. The van der Waals surface area contributed by atoms with Crippen molar-refractivity contribution in [3.8, 4) is 12.3 Å². The van der Waals surface area contributed by atoms with Crippen molar-refractivity contribution in [2.45, 2.75) is 68.3 Å². The van der Waals surface area contributed by atoms with Crippen LogP contribution in [0.1, 0.15) is 6.92 Å². The molecule has 2 aliphatic rings. The average Bonchev–Trinajstić information content (AvgIpc) is 2.73. The van der Waals surface area contributed by atoms with E-state index < -0.39 is 90.9 Å². The quantitative estimate of drug-likeness (QED) is 0.116. The Hall–Kier alpha value is -1.46. The summed E-state index contributed by atoms with van der Waals surface area (Å²) >= 11 is 0. The van der Waals surface area contributed by atoms with Crippen LogP contribution in [-0.2, 0) is 38.3 Å². The largest absolute Gasteiger partial charge is 0.397 e. The molecule has 16 heteroatoms. The van der Waals surface area contributed by atoms with Crippen LogP contribution in [0.15, 0.2) is 0 Å². The number of rotatable bonds is 9. The zero-order chi connectivity index (χ0) is 24.9. The van der Waals surface area contributed by atoms with E-state index in [4.69, 9.17) is 29.9 Å². The van der Waals surface area contributed by atoms with Crippen LogP contribution in [0.4, 0.5) is 0 Å². The minimum Gasteiger partial charge on any atom is -0.394 e. The van der Waals surface area contributed by atoms with Gasteiger partial charge in [-0.25, -0.2) is 4.18 Å². The molecular weight excluding hydrogens is 474 g/mol. The van der Waals surface area contributed by atoms with Gasteiger partial charge in [-0.1, -0.05) is 5.92 Å². The summed E-state index contributed by atoms with van der Waals surface area (Å²) in [6.45, 7) is -0.725. The average molecular weight is 501 g/mol. The maximum Gasteiger partial charge on any atom is 0.397 e. The van der Waals surface area contributed by atoms with E-state index in [1.807, 2.05) is 0 Å². The molecule has 33 heavy (non-hydrogen) atoms. The minimum atomic E-state index is -5.15. The highest BCUT2D eigenvalue weighted by molar-refractivity contribution is 7.80. The summed E-state index contributed by atoms with van der Waals surface area (Å²) in [7, 11) is -5.15. The number of aliphatic hydroxyl groups is 5. The van der Waals surface area contributed by atoms with Gasteiger partial charge in [0.25, 0.3) is 0 Å². The molecule has 15 nitrogen and oxygen atoms in total. The summed E-state index contributed by atoms with van der Waals surface area (Å²) in [6.07, 6.45) is -10.00. The third-order valence-electron chi connectivity index (χ3n) is 4.90. The molecule has 0 unspecified atom stereocenters. The Morgan fingerprint density at radius 1 is 1.03 bits per heavy atom. The molecule has 0 radical (unpaired) electrons. The fourth-order valence-corrected chi connectivity index (χ4v) is 3.98. The number of carbonyl (C=O) groups is 1. The SMILES string of the molecule is C#CCO[C@@H]1O[C@H](CO)[C@@H](O[C@@H]2O[C@H](CO)[C@H](O)[C@H](OS(=O)(=O)O)[C@H]2O)[C@H](O)[C@H]1NC(C)=O. The zero-order valence-electron chi connectivity index (χ0n) is 17.3. The number of hydrogen-bond acceptors (Lipinski definition) is 13. The predicted molar refractivity (Wildman–Crippen MR) is 103 cm³/mol. The fraction of sp³-hybridized carbons (Fsp3) is 0.824. The monoisotopic (exact) mass is 501 g/mol. The standard InChI is InChI=1S/C17H27NO14S/c1-3-4-28-16-10(18-7(2)21)12(23)14(9(6-20)30-16)31-17-13(24)15(32-33(25,26)27)11(22)8(5-19)29-17/h1,8-17,19-20,22-24H,4-6H2,2H3,(H,18,21)(H,25,26,27)/t8-,9-,10-,11+,12-,13-,14-,15+,16-,17+/m1/s1. The number of ether oxygens (including phenoxy) is 4. The van der Waals surface area contributed by atoms with Crippen LogP contribution in [-0.4, -0.2) is 126 Å². The first kappa shape index (κ1) is 27.8. The van der Waals surface area contributed by atoms with Gasteiger partial charge in [0.1, 0.15) is 55.4 Å². The van der Waals surface area contributed by atoms with Crippen LogP contribution < -0.4 is 5.32 Å². The molecule has 0 saturated carbocycles. The molecule has 10 atom stereocenters. The highest BCUT2D eigenvalue weighted by Crippen LogP contribution is 2.30. The van der Waals surface area contributed by atoms with Gasteiger partial charge in [-0.15, -0.1) is 6.42 Å². The third-order valence-corrected chi connectivity index (χ3v) is 5.37. The molecule has 190 valence electrons. The lowest BCUT2D eigenvalue weighted by Gasteiger charge is -2.47. The highest BCUT2D eigenvalue weighted by atomic mass is 32.3. The summed E-state index contributed by atoms with van der Waals surface area (Å²) in [5.41, 5.74) is 0. The lowest BCUT2D eigenvalue weighted by molar-refractivity contribution is -0.345. The maximum absolute atomic E-state index is 11.6. The minimum absolute atomic E-state index is 0.258. The maximum atomic E-state index is 11.6. The predicted octanol–water partition coefficient (Wildman–Crippen LogP) is -4.77. The molecule has 2 heterocycles. The van der Waals surface area contributed by atoms with E-state index in [0.29, 0.717) is 0 Å². The van der Waals surface area contributed by atoms with Gasteiger partial charge in [0.2, 0.25) is 5.91 Å². The number of carbonyl (C=O) groups excluding carboxylic acids is 1. The van der Waals surface area contributed by atoms with Crippen molar-refractivity contribution in [3.63, 3.8) is 0 Å². The first-order valence-electron chi connectivity index (χ1n) is 9.63. The van der Waals surface area contributed by atoms with Crippen molar-refractivity contribution in [2.75, 3.05) is 19.8 Å². The van der Waals surface area contributed by atoms with E-state index in [1.165, 1.54) is 0 Å². The van der Waals surface area contributed by atoms with Crippen LogP contribution in [0, 0.1) is 12.3 Å². The Kier molecular flexibility index (Phi) is 9.93. The van der Waals surface area contributed by atoms with Crippen LogP contribution in [0.2, 0.25) is 0 Å². The van der Waals surface area contributed by atoms with Gasteiger partial charge in [-0.2, -0.15) is 8.42 Å². The number of aliphatic hydroxyl groups excluding tert-OH is 5. The second-order valence-electron chi connectivity index (χ2n) is 7.25. The second-order valence-corrected chi connectivity index (χ2v) is 8.30. The van der Waals surface area contributed by atoms with E-state index in [9.17, 15) is 38.7 Å². The van der Waals surface area contributed by atoms with E-state index in [-0.39, 0.29) is 6.61 Å². The van der Waals surface area contributed by atoms with Crippen molar-refractivity contribution in [3.05, 3.63) is 0 Å². The van der Waals surface area contributed by atoms with Gasteiger partial charge >= 0.3 is 10.4 Å². The van der Waals surface area contributed by atoms with Crippen molar-refractivity contribution in [1.29, 1.82) is 0 Å². The molecule has 0 aromatic rings. The molecule has 2 aliphatic heterocycles.